The van der Waals surface area contributed by atoms with Crippen LogP contribution in [0, 0.1) is 5.92 Å². The number of nitrogens with one attached hydrogen (secondary N) is 3. The highest BCUT2D eigenvalue weighted by molar-refractivity contribution is 5.96. The van der Waals surface area contributed by atoms with Crippen molar-refractivity contribution < 1.29 is 9.59 Å². The van der Waals surface area contributed by atoms with Gasteiger partial charge in [0.2, 0.25) is 5.91 Å². The Balaban J connectivity index is 1.65. The van der Waals surface area contributed by atoms with Crippen LogP contribution >= 0.6 is 0 Å². The van der Waals surface area contributed by atoms with Gasteiger partial charge in [0.1, 0.15) is 0 Å². The highest BCUT2D eigenvalue weighted by Gasteiger charge is 2.34. The van der Waals surface area contributed by atoms with Crippen LogP contribution < -0.4 is 16.0 Å². The predicted octanol–water partition coefficient (Wildman–Crippen LogP) is 1.50. The summed E-state index contributed by atoms with van der Waals surface area (Å²) in [6.07, 6.45) is 3.78. The maximum atomic E-state index is 12.7. The average molecular weight is 355 g/mol. The number of amides is 2. The lowest BCUT2D eigenvalue weighted by Gasteiger charge is -2.17. The van der Waals surface area contributed by atoms with Crippen LogP contribution in [0.25, 0.3) is 0 Å². The van der Waals surface area contributed by atoms with Gasteiger partial charge in [-0.2, -0.15) is 5.10 Å². The van der Waals surface area contributed by atoms with E-state index in [4.69, 9.17) is 0 Å². The molecule has 7 nitrogen and oxygen atoms in total. The molecule has 3 rings (SSSR count). The van der Waals surface area contributed by atoms with E-state index in [1.807, 2.05) is 33.3 Å². The summed E-state index contributed by atoms with van der Waals surface area (Å²) in [7, 11) is 1.87. The largest absolute Gasteiger partial charge is 0.350 e. The molecule has 0 unspecified atom stereocenters. The van der Waals surface area contributed by atoms with Crippen LogP contribution in [0.1, 0.15) is 35.7 Å². The molecule has 1 saturated heterocycles. The number of benzene rings is 1. The normalized spacial score (nSPS) is 19.5. The Labute approximate surface area is 153 Å². The summed E-state index contributed by atoms with van der Waals surface area (Å²) >= 11 is 0. The maximum Gasteiger partial charge on any atom is 0.251 e. The minimum atomic E-state index is -0.150. The lowest BCUT2D eigenvalue weighted by atomic mass is 9.90. The molecule has 0 spiro atoms. The van der Waals surface area contributed by atoms with Crippen molar-refractivity contribution in [2.45, 2.75) is 25.8 Å². The molecule has 2 atom stereocenters. The first-order chi connectivity index (χ1) is 12.4. The summed E-state index contributed by atoms with van der Waals surface area (Å²) in [5.74, 6) is -0.180. The van der Waals surface area contributed by atoms with Crippen LogP contribution in [0.15, 0.2) is 36.7 Å². The van der Waals surface area contributed by atoms with Gasteiger partial charge in [0.15, 0.2) is 0 Å². The van der Waals surface area contributed by atoms with Crippen molar-refractivity contribution in [3.63, 3.8) is 0 Å². The molecule has 26 heavy (non-hydrogen) atoms. The van der Waals surface area contributed by atoms with Crippen LogP contribution in [0.4, 0.5) is 5.69 Å². The molecular weight excluding hydrogens is 330 g/mol. The first kappa shape index (κ1) is 18.1. The molecule has 1 aliphatic heterocycles. The zero-order valence-corrected chi connectivity index (χ0v) is 15.3. The van der Waals surface area contributed by atoms with Crippen molar-refractivity contribution in [2.75, 3.05) is 18.4 Å². The van der Waals surface area contributed by atoms with E-state index in [2.05, 4.69) is 21.0 Å². The van der Waals surface area contributed by atoms with Gasteiger partial charge in [-0.25, -0.2) is 0 Å². The second kappa shape index (κ2) is 7.70. The summed E-state index contributed by atoms with van der Waals surface area (Å²) < 4.78 is 1.75. The van der Waals surface area contributed by atoms with Gasteiger partial charge in [-0.3, -0.25) is 14.3 Å². The predicted molar refractivity (Wildman–Crippen MR) is 100.0 cm³/mol. The van der Waals surface area contributed by atoms with Gasteiger partial charge in [0.25, 0.3) is 5.91 Å². The molecule has 0 saturated carbocycles. The van der Waals surface area contributed by atoms with Crippen molar-refractivity contribution in [3.8, 4) is 0 Å². The van der Waals surface area contributed by atoms with E-state index in [9.17, 15) is 9.59 Å². The standard InChI is InChI=1S/C19H25N5O2/c1-12(2)22-18(25)13-4-6-15(7-5-13)23-19(26)17-10-20-9-16(17)14-8-21-24(3)11-14/h4-8,11-12,16-17,20H,9-10H2,1-3H3,(H,22,25)(H,23,26)/t16-,17+/m1/s1. The molecule has 7 heteroatoms. The van der Waals surface area contributed by atoms with Gasteiger partial charge in [-0.05, 0) is 43.7 Å². The molecule has 2 aromatic rings. The zero-order valence-electron chi connectivity index (χ0n) is 15.3. The Morgan fingerprint density at radius 1 is 1.23 bits per heavy atom. The average Bonchev–Trinajstić information content (AvgIpc) is 3.23. The number of hydrogen-bond donors (Lipinski definition) is 3. The molecule has 2 amide bonds. The van der Waals surface area contributed by atoms with Crippen molar-refractivity contribution in [1.82, 2.24) is 20.4 Å². The highest BCUT2D eigenvalue weighted by atomic mass is 16.2. The molecular formula is C19H25N5O2. The van der Waals surface area contributed by atoms with Crippen LogP contribution in [-0.4, -0.2) is 40.7 Å². The topological polar surface area (TPSA) is 88.1 Å². The first-order valence-corrected chi connectivity index (χ1v) is 8.85. The number of hydrogen-bond acceptors (Lipinski definition) is 4. The van der Waals surface area contributed by atoms with E-state index < -0.39 is 0 Å². The van der Waals surface area contributed by atoms with Crippen LogP contribution in [-0.2, 0) is 11.8 Å². The number of carbonyl (C=O) groups excluding carboxylic acids is 2. The smallest absolute Gasteiger partial charge is 0.251 e. The number of carbonyl (C=O) groups is 2. The Bertz CT molecular complexity index is 781. The summed E-state index contributed by atoms with van der Waals surface area (Å²) in [5, 5.41) is 13.3. The Kier molecular flexibility index (Phi) is 5.37. The molecule has 0 aliphatic carbocycles. The van der Waals surface area contributed by atoms with E-state index in [0.717, 1.165) is 12.1 Å². The molecule has 1 aliphatic rings. The monoisotopic (exact) mass is 355 g/mol. The van der Waals surface area contributed by atoms with Crippen LogP contribution in [0.3, 0.4) is 0 Å². The third kappa shape index (κ3) is 4.11. The van der Waals surface area contributed by atoms with Crippen LogP contribution in [0.5, 0.6) is 0 Å². The Morgan fingerprint density at radius 2 is 1.96 bits per heavy atom. The molecule has 1 fully saturated rings. The zero-order chi connectivity index (χ0) is 18.7. The fraction of sp³-hybridized carbons (Fsp3) is 0.421. The van der Waals surface area contributed by atoms with Crippen LogP contribution in [0.2, 0.25) is 0 Å². The summed E-state index contributed by atoms with van der Waals surface area (Å²) in [6, 6.07) is 7.04. The van der Waals surface area contributed by atoms with E-state index in [1.54, 1.807) is 28.9 Å². The molecule has 2 heterocycles. The maximum absolute atomic E-state index is 12.7. The molecule has 3 N–H and O–H groups in total. The lowest BCUT2D eigenvalue weighted by Crippen LogP contribution is -2.30. The molecule has 1 aromatic heterocycles. The quantitative estimate of drug-likeness (QED) is 0.758. The van der Waals surface area contributed by atoms with Crippen molar-refractivity contribution in [1.29, 1.82) is 0 Å². The van der Waals surface area contributed by atoms with Gasteiger partial charge in [-0.1, -0.05) is 0 Å². The fourth-order valence-corrected chi connectivity index (χ4v) is 3.22. The second-order valence-electron chi connectivity index (χ2n) is 7.01. The Morgan fingerprint density at radius 3 is 2.58 bits per heavy atom. The van der Waals surface area contributed by atoms with E-state index in [-0.39, 0.29) is 29.7 Å². The molecule has 0 bridgehead atoms. The van der Waals surface area contributed by atoms with Crippen molar-refractivity contribution in [3.05, 3.63) is 47.8 Å². The van der Waals surface area contributed by atoms with E-state index in [1.165, 1.54) is 0 Å². The molecule has 0 radical (unpaired) electrons. The number of aryl methyl sites for hydroxylation is 1. The third-order valence-electron chi connectivity index (χ3n) is 4.54. The third-order valence-corrected chi connectivity index (χ3v) is 4.54. The number of aromatic nitrogens is 2. The van der Waals surface area contributed by atoms with Gasteiger partial charge in [0.05, 0.1) is 12.1 Å². The first-order valence-electron chi connectivity index (χ1n) is 8.85. The van der Waals surface area contributed by atoms with Gasteiger partial charge in [-0.15, -0.1) is 0 Å². The van der Waals surface area contributed by atoms with Crippen molar-refractivity contribution >= 4 is 17.5 Å². The van der Waals surface area contributed by atoms with E-state index >= 15 is 0 Å². The van der Waals surface area contributed by atoms with Gasteiger partial charge < -0.3 is 16.0 Å². The number of nitrogens with zero attached hydrogens (tertiary/aromatic N) is 2. The Hall–Kier alpha value is -2.67. The lowest BCUT2D eigenvalue weighted by molar-refractivity contribution is -0.119. The van der Waals surface area contributed by atoms with Gasteiger partial charge >= 0.3 is 0 Å². The number of anilines is 1. The molecule has 138 valence electrons. The summed E-state index contributed by atoms with van der Waals surface area (Å²) in [6.45, 7) is 5.24. The van der Waals surface area contributed by atoms with E-state index in [0.29, 0.717) is 17.8 Å². The molecule has 1 aromatic carbocycles. The summed E-state index contributed by atoms with van der Waals surface area (Å²) in [5.41, 5.74) is 2.33. The summed E-state index contributed by atoms with van der Waals surface area (Å²) in [4.78, 5) is 24.7. The minimum absolute atomic E-state index is 0.0248. The SMILES string of the molecule is CC(C)NC(=O)c1ccc(NC(=O)[C@H]2CNC[C@@H]2c2cnn(C)c2)cc1. The number of rotatable bonds is 5. The highest BCUT2D eigenvalue weighted by Crippen LogP contribution is 2.28. The van der Waals surface area contributed by atoms with Gasteiger partial charge in [0, 0.05) is 49.5 Å². The fourth-order valence-electron chi connectivity index (χ4n) is 3.22. The van der Waals surface area contributed by atoms with Crippen molar-refractivity contribution in [2.24, 2.45) is 13.0 Å². The second-order valence-corrected chi connectivity index (χ2v) is 7.01. The minimum Gasteiger partial charge on any atom is -0.350 e.